The molecule has 0 aromatic heterocycles. The van der Waals surface area contributed by atoms with E-state index in [1.54, 1.807) is 0 Å². The number of rotatable bonds is 2. The summed E-state index contributed by atoms with van der Waals surface area (Å²) >= 11 is 0. The molecule has 1 atom stereocenters. The van der Waals surface area contributed by atoms with E-state index in [0.29, 0.717) is 0 Å². The van der Waals surface area contributed by atoms with E-state index in [0.717, 1.165) is 14.2 Å². The van der Waals surface area contributed by atoms with Crippen LogP contribution in [0, 0.1) is 6.92 Å². The molecule has 0 saturated carbocycles. The molecule has 0 heterocycles. The van der Waals surface area contributed by atoms with E-state index in [9.17, 15) is 0 Å². The molecule has 0 nitrogen and oxygen atoms in total. The summed E-state index contributed by atoms with van der Waals surface area (Å²) in [5.41, 5.74) is 2.14. The minimum atomic E-state index is 0.790. The lowest BCUT2D eigenvalue weighted by Gasteiger charge is -2.04. The third kappa shape index (κ3) is 3.03. The Morgan fingerprint density at radius 3 is 2.09 bits per heavy atom. The number of aryl methyl sites for hydroxylation is 1. The first-order valence-corrected chi connectivity index (χ1v) is 5.09. The maximum atomic E-state index is 2.26. The van der Waals surface area contributed by atoms with Crippen molar-refractivity contribution in [2.75, 3.05) is 0 Å². The van der Waals surface area contributed by atoms with Crippen LogP contribution in [0.3, 0.4) is 0 Å². The molecule has 0 saturated heterocycles. The molecule has 0 aliphatic heterocycles. The number of hydrogen-bond donors (Lipinski definition) is 0. The Balaban J connectivity index is 2.66. The van der Waals surface area contributed by atoms with Crippen molar-refractivity contribution in [2.24, 2.45) is 0 Å². The van der Waals surface area contributed by atoms with Crippen molar-refractivity contribution < 1.29 is 0 Å². The lowest BCUT2D eigenvalue weighted by molar-refractivity contribution is 1.11. The topological polar surface area (TPSA) is 0 Å². The zero-order valence-corrected chi connectivity index (χ0v) is 8.39. The maximum Gasteiger partial charge on any atom is -0.0253 e. The Morgan fingerprint density at radius 1 is 1.09 bits per heavy atom. The average Bonchev–Trinajstić information content (AvgIpc) is 1.93. The zero-order valence-electron chi connectivity index (χ0n) is 7.39. The van der Waals surface area contributed by atoms with Gasteiger partial charge in [-0.05, 0) is 17.9 Å². The van der Waals surface area contributed by atoms with Crippen LogP contribution in [0.1, 0.15) is 19.4 Å². The molecule has 1 aromatic rings. The molecule has 1 heteroatoms. The Kier molecular flexibility index (Phi) is 3.08. The third-order valence-electron chi connectivity index (χ3n) is 1.51. The highest BCUT2D eigenvalue weighted by Crippen LogP contribution is 2.16. The van der Waals surface area contributed by atoms with Crippen molar-refractivity contribution in [3.63, 3.8) is 0 Å². The fraction of sp³-hybridized carbons (Fsp3) is 0.400. The molecule has 0 aliphatic carbocycles. The fourth-order valence-corrected chi connectivity index (χ4v) is 2.01. The lowest BCUT2D eigenvalue weighted by atomic mass is 10.2. The van der Waals surface area contributed by atoms with E-state index >= 15 is 0 Å². The quantitative estimate of drug-likeness (QED) is 0.592. The van der Waals surface area contributed by atoms with Gasteiger partial charge in [-0.15, -0.1) is 0 Å². The van der Waals surface area contributed by atoms with Crippen molar-refractivity contribution in [3.8, 4) is 0 Å². The molecule has 0 aliphatic rings. The molecule has 0 amide bonds. The van der Waals surface area contributed by atoms with Gasteiger partial charge < -0.3 is 0 Å². The molecule has 0 fully saturated rings. The first-order chi connectivity index (χ1) is 5.18. The van der Waals surface area contributed by atoms with E-state index in [1.165, 1.54) is 10.9 Å². The average molecular weight is 166 g/mol. The Morgan fingerprint density at radius 2 is 1.64 bits per heavy atom. The van der Waals surface area contributed by atoms with E-state index in [-0.39, 0.29) is 0 Å². The van der Waals surface area contributed by atoms with Gasteiger partial charge >= 0.3 is 0 Å². The minimum absolute atomic E-state index is 0.790. The summed E-state index contributed by atoms with van der Waals surface area (Å²) in [6.45, 7) is 6.65. The summed E-state index contributed by atoms with van der Waals surface area (Å²) in [5, 5.41) is 1.48. The second kappa shape index (κ2) is 3.88. The summed E-state index contributed by atoms with van der Waals surface area (Å²) in [6, 6.07) is 8.83. The SMILES string of the molecule is Cc1ccc(PC(C)C)cc1. The van der Waals surface area contributed by atoms with Gasteiger partial charge in [0.1, 0.15) is 0 Å². The van der Waals surface area contributed by atoms with Crippen LogP contribution in [0.5, 0.6) is 0 Å². The first-order valence-electron chi connectivity index (χ1n) is 4.01. The van der Waals surface area contributed by atoms with Crippen molar-refractivity contribution >= 4 is 13.9 Å². The molecular formula is C10H15P. The molecule has 1 unspecified atom stereocenters. The third-order valence-corrected chi connectivity index (χ3v) is 2.75. The van der Waals surface area contributed by atoms with Crippen LogP contribution >= 0.6 is 8.58 Å². The van der Waals surface area contributed by atoms with E-state index in [1.807, 2.05) is 0 Å². The van der Waals surface area contributed by atoms with Crippen molar-refractivity contribution in [1.82, 2.24) is 0 Å². The predicted octanol–water partition coefficient (Wildman–Crippen LogP) is 2.71. The van der Waals surface area contributed by atoms with Gasteiger partial charge in [0.15, 0.2) is 0 Å². The second-order valence-corrected chi connectivity index (χ2v) is 5.19. The van der Waals surface area contributed by atoms with Gasteiger partial charge in [0.25, 0.3) is 0 Å². The largest absolute Gasteiger partial charge is 0.0878 e. The van der Waals surface area contributed by atoms with Crippen molar-refractivity contribution in [2.45, 2.75) is 26.4 Å². The molecule has 1 rings (SSSR count). The molecule has 60 valence electrons. The lowest BCUT2D eigenvalue weighted by Crippen LogP contribution is -1.98. The van der Waals surface area contributed by atoms with E-state index < -0.39 is 0 Å². The van der Waals surface area contributed by atoms with Crippen LogP contribution in [-0.4, -0.2) is 5.66 Å². The van der Waals surface area contributed by atoms with Crippen LogP contribution in [0.25, 0.3) is 0 Å². The highest BCUT2D eigenvalue weighted by molar-refractivity contribution is 7.47. The zero-order chi connectivity index (χ0) is 8.27. The van der Waals surface area contributed by atoms with Gasteiger partial charge in [0.05, 0.1) is 0 Å². The smallest absolute Gasteiger partial charge is 0.0253 e. The van der Waals surface area contributed by atoms with Crippen LogP contribution in [0.2, 0.25) is 0 Å². The standard InChI is InChI=1S/C10H15P/c1-8(2)11-10-6-4-9(3)5-7-10/h4-8,11H,1-3H3. The van der Waals surface area contributed by atoms with Gasteiger partial charge in [0.2, 0.25) is 0 Å². The molecule has 0 bridgehead atoms. The predicted molar refractivity (Wildman–Crippen MR) is 54.3 cm³/mol. The molecule has 0 N–H and O–H groups in total. The van der Waals surface area contributed by atoms with Crippen LogP contribution < -0.4 is 5.30 Å². The molecule has 0 spiro atoms. The summed E-state index contributed by atoms with van der Waals surface area (Å²) < 4.78 is 0. The monoisotopic (exact) mass is 166 g/mol. The highest BCUT2D eigenvalue weighted by atomic mass is 31.1. The highest BCUT2D eigenvalue weighted by Gasteiger charge is 1.95. The number of hydrogen-bond acceptors (Lipinski definition) is 0. The van der Waals surface area contributed by atoms with Gasteiger partial charge in [-0.3, -0.25) is 0 Å². The van der Waals surface area contributed by atoms with Gasteiger partial charge in [-0.25, -0.2) is 0 Å². The normalized spacial score (nSPS) is 11.6. The molecular weight excluding hydrogens is 151 g/mol. The molecule has 1 aromatic carbocycles. The summed E-state index contributed by atoms with van der Waals surface area (Å²) in [7, 11) is 0.957. The Bertz CT molecular complexity index is 211. The first kappa shape index (κ1) is 8.74. The van der Waals surface area contributed by atoms with E-state index in [4.69, 9.17) is 0 Å². The van der Waals surface area contributed by atoms with Gasteiger partial charge in [-0.2, -0.15) is 0 Å². The molecule has 11 heavy (non-hydrogen) atoms. The fourth-order valence-electron chi connectivity index (χ4n) is 0.983. The second-order valence-electron chi connectivity index (χ2n) is 3.17. The summed E-state index contributed by atoms with van der Waals surface area (Å²) in [5.74, 6) is 0. The maximum absolute atomic E-state index is 2.26. The van der Waals surface area contributed by atoms with Crippen molar-refractivity contribution in [3.05, 3.63) is 29.8 Å². The van der Waals surface area contributed by atoms with Gasteiger partial charge in [0, 0.05) is 0 Å². The molecule has 0 radical (unpaired) electrons. The number of benzene rings is 1. The summed E-state index contributed by atoms with van der Waals surface area (Å²) in [6.07, 6.45) is 0. The summed E-state index contributed by atoms with van der Waals surface area (Å²) in [4.78, 5) is 0. The van der Waals surface area contributed by atoms with Crippen LogP contribution in [-0.2, 0) is 0 Å². The Labute approximate surface area is 70.8 Å². The van der Waals surface area contributed by atoms with Crippen molar-refractivity contribution in [1.29, 1.82) is 0 Å². The Hall–Kier alpha value is -0.350. The van der Waals surface area contributed by atoms with Crippen LogP contribution in [0.4, 0.5) is 0 Å². The van der Waals surface area contributed by atoms with Gasteiger partial charge in [-0.1, -0.05) is 52.3 Å². The van der Waals surface area contributed by atoms with Crippen LogP contribution in [0.15, 0.2) is 24.3 Å². The minimum Gasteiger partial charge on any atom is -0.0878 e. The van der Waals surface area contributed by atoms with E-state index in [2.05, 4.69) is 45.0 Å².